The molecule has 0 saturated carbocycles. The van der Waals surface area contributed by atoms with Crippen molar-refractivity contribution in [1.29, 1.82) is 5.26 Å². The zero-order valence-corrected chi connectivity index (χ0v) is 19.4. The van der Waals surface area contributed by atoms with Crippen molar-refractivity contribution in [1.82, 2.24) is 4.98 Å². The maximum absolute atomic E-state index is 13.0. The van der Waals surface area contributed by atoms with E-state index in [1.165, 1.54) is 22.5 Å². The molecule has 0 aliphatic heterocycles. The molecule has 1 amide bonds. The first kappa shape index (κ1) is 21.6. The summed E-state index contributed by atoms with van der Waals surface area (Å²) in [5, 5.41) is 17.2. The standard InChI is InChI=1S/C29H21N3OS/c1-19-10-12-20(13-11-19)14-24-18-31-29(34-24)32-28(33)23(17-30)16-27-25-8-4-2-6-21(25)15-22-7-3-5-9-26(22)27/h2-13,15-16,18H,14H2,1H3,(H,31,32,33)/b23-16+. The Balaban J connectivity index is 1.44. The van der Waals surface area contributed by atoms with Crippen molar-refractivity contribution in [2.45, 2.75) is 13.3 Å². The minimum Gasteiger partial charge on any atom is -0.297 e. The summed E-state index contributed by atoms with van der Waals surface area (Å²) in [5.74, 6) is -0.462. The van der Waals surface area contributed by atoms with Gasteiger partial charge in [-0.3, -0.25) is 10.1 Å². The number of aryl methyl sites for hydroxylation is 1. The van der Waals surface area contributed by atoms with E-state index >= 15 is 0 Å². The maximum atomic E-state index is 13.0. The Morgan fingerprint density at radius 2 is 1.65 bits per heavy atom. The molecular formula is C29H21N3OS. The van der Waals surface area contributed by atoms with Gasteiger partial charge in [0.25, 0.3) is 5.91 Å². The molecule has 0 radical (unpaired) electrons. The topological polar surface area (TPSA) is 65.8 Å². The van der Waals surface area contributed by atoms with Crippen molar-refractivity contribution in [3.05, 3.63) is 112 Å². The summed E-state index contributed by atoms with van der Waals surface area (Å²) in [6.45, 7) is 2.06. The van der Waals surface area contributed by atoms with Crippen LogP contribution in [0.5, 0.6) is 0 Å². The van der Waals surface area contributed by atoms with Crippen molar-refractivity contribution in [2.75, 3.05) is 5.32 Å². The van der Waals surface area contributed by atoms with Crippen LogP contribution in [0.25, 0.3) is 27.6 Å². The molecule has 0 atom stereocenters. The molecule has 0 saturated heterocycles. The van der Waals surface area contributed by atoms with E-state index in [1.807, 2.05) is 48.5 Å². The van der Waals surface area contributed by atoms with Crippen LogP contribution in [-0.4, -0.2) is 10.9 Å². The molecule has 0 fully saturated rings. The van der Waals surface area contributed by atoms with Gasteiger partial charge < -0.3 is 0 Å². The second-order valence-electron chi connectivity index (χ2n) is 8.15. The minimum atomic E-state index is -0.462. The lowest BCUT2D eigenvalue weighted by Crippen LogP contribution is -2.13. The Morgan fingerprint density at radius 3 is 2.29 bits per heavy atom. The molecule has 0 spiro atoms. The SMILES string of the molecule is Cc1ccc(Cc2cnc(NC(=O)/C(C#N)=C/c3c4ccccc4cc4ccccc34)s2)cc1. The lowest BCUT2D eigenvalue weighted by atomic mass is 9.95. The Hall–Kier alpha value is -4.27. The van der Waals surface area contributed by atoms with Crippen molar-refractivity contribution < 1.29 is 4.79 Å². The van der Waals surface area contributed by atoms with Gasteiger partial charge >= 0.3 is 0 Å². The fraction of sp³-hybridized carbons (Fsp3) is 0.0690. The van der Waals surface area contributed by atoms with Crippen LogP contribution in [0.4, 0.5) is 5.13 Å². The molecule has 34 heavy (non-hydrogen) atoms. The summed E-state index contributed by atoms with van der Waals surface area (Å²) >= 11 is 1.42. The van der Waals surface area contributed by atoms with Crippen LogP contribution in [-0.2, 0) is 11.2 Å². The Kier molecular flexibility index (Phi) is 5.90. The van der Waals surface area contributed by atoms with Crippen LogP contribution < -0.4 is 5.32 Å². The quantitative estimate of drug-likeness (QED) is 0.177. The third kappa shape index (κ3) is 4.45. The lowest BCUT2D eigenvalue weighted by Gasteiger charge is -2.09. The summed E-state index contributed by atoms with van der Waals surface area (Å²) in [5.41, 5.74) is 3.31. The zero-order valence-electron chi connectivity index (χ0n) is 18.6. The second kappa shape index (κ2) is 9.30. The number of carbonyl (C=O) groups excluding carboxylic acids is 1. The molecule has 164 valence electrons. The van der Waals surface area contributed by atoms with E-state index in [0.717, 1.165) is 38.4 Å². The number of amides is 1. The molecule has 1 heterocycles. The molecule has 0 aliphatic rings. The highest BCUT2D eigenvalue weighted by Gasteiger charge is 2.14. The molecular weight excluding hydrogens is 438 g/mol. The number of benzene rings is 4. The first-order valence-corrected chi connectivity index (χ1v) is 11.8. The van der Waals surface area contributed by atoms with Gasteiger partial charge in [-0.05, 0) is 51.7 Å². The molecule has 5 aromatic rings. The van der Waals surface area contributed by atoms with E-state index in [9.17, 15) is 10.1 Å². The molecule has 1 N–H and O–H groups in total. The fourth-order valence-electron chi connectivity index (χ4n) is 4.02. The van der Waals surface area contributed by atoms with Gasteiger partial charge in [0.2, 0.25) is 0 Å². The number of hydrogen-bond donors (Lipinski definition) is 1. The van der Waals surface area contributed by atoms with Crippen LogP contribution in [0.2, 0.25) is 0 Å². The summed E-state index contributed by atoms with van der Waals surface area (Å²) in [6, 6.07) is 28.6. The third-order valence-electron chi connectivity index (χ3n) is 5.74. The lowest BCUT2D eigenvalue weighted by molar-refractivity contribution is -0.112. The van der Waals surface area contributed by atoms with Crippen LogP contribution in [0.1, 0.15) is 21.6 Å². The predicted molar refractivity (Wildman–Crippen MR) is 140 cm³/mol. The number of carbonyl (C=O) groups is 1. The van der Waals surface area contributed by atoms with E-state index in [-0.39, 0.29) is 5.57 Å². The molecule has 0 bridgehead atoms. The molecule has 5 heteroatoms. The van der Waals surface area contributed by atoms with Gasteiger partial charge in [0, 0.05) is 17.5 Å². The van der Waals surface area contributed by atoms with Gasteiger partial charge in [0.05, 0.1) is 0 Å². The zero-order chi connectivity index (χ0) is 23.5. The van der Waals surface area contributed by atoms with E-state index in [1.54, 1.807) is 12.3 Å². The average Bonchev–Trinajstić information content (AvgIpc) is 3.29. The van der Waals surface area contributed by atoms with E-state index in [0.29, 0.717) is 5.13 Å². The van der Waals surface area contributed by atoms with Crippen LogP contribution >= 0.6 is 11.3 Å². The number of fused-ring (bicyclic) bond motifs is 2. The highest BCUT2D eigenvalue weighted by molar-refractivity contribution is 7.15. The molecule has 1 aromatic heterocycles. The molecule has 0 aliphatic carbocycles. The van der Waals surface area contributed by atoms with Gasteiger partial charge in [0.15, 0.2) is 5.13 Å². The summed E-state index contributed by atoms with van der Waals surface area (Å²) < 4.78 is 0. The van der Waals surface area contributed by atoms with Gasteiger partial charge in [-0.15, -0.1) is 11.3 Å². The first-order chi connectivity index (χ1) is 16.6. The Bertz CT molecular complexity index is 1540. The van der Waals surface area contributed by atoms with Crippen molar-refractivity contribution in [3.63, 3.8) is 0 Å². The molecule has 5 rings (SSSR count). The average molecular weight is 460 g/mol. The highest BCUT2D eigenvalue weighted by atomic mass is 32.1. The number of nitrogens with one attached hydrogen (secondary N) is 1. The van der Waals surface area contributed by atoms with E-state index in [4.69, 9.17) is 0 Å². The molecule has 4 nitrogen and oxygen atoms in total. The summed E-state index contributed by atoms with van der Waals surface area (Å²) in [7, 11) is 0. The fourth-order valence-corrected chi connectivity index (χ4v) is 4.86. The van der Waals surface area contributed by atoms with Crippen molar-refractivity contribution in [2.24, 2.45) is 0 Å². The predicted octanol–water partition coefficient (Wildman–Crippen LogP) is 6.89. The second-order valence-corrected chi connectivity index (χ2v) is 9.27. The summed E-state index contributed by atoms with van der Waals surface area (Å²) in [4.78, 5) is 18.4. The van der Waals surface area contributed by atoms with Gasteiger partial charge in [-0.1, -0.05) is 78.4 Å². The highest BCUT2D eigenvalue weighted by Crippen LogP contribution is 2.30. The van der Waals surface area contributed by atoms with E-state index < -0.39 is 5.91 Å². The Morgan fingerprint density at radius 1 is 1.00 bits per heavy atom. The largest absolute Gasteiger partial charge is 0.297 e. The number of aromatic nitrogens is 1. The van der Waals surface area contributed by atoms with Crippen molar-refractivity contribution >= 4 is 50.0 Å². The number of hydrogen-bond acceptors (Lipinski definition) is 4. The van der Waals surface area contributed by atoms with Crippen molar-refractivity contribution in [3.8, 4) is 6.07 Å². The number of nitriles is 1. The van der Waals surface area contributed by atoms with Crippen LogP contribution in [0, 0.1) is 18.3 Å². The maximum Gasteiger partial charge on any atom is 0.268 e. The smallest absolute Gasteiger partial charge is 0.268 e. The number of rotatable bonds is 5. The number of nitrogens with zero attached hydrogens (tertiary/aromatic N) is 2. The normalized spacial score (nSPS) is 11.5. The van der Waals surface area contributed by atoms with Gasteiger partial charge in [-0.2, -0.15) is 5.26 Å². The monoisotopic (exact) mass is 459 g/mol. The third-order valence-corrected chi connectivity index (χ3v) is 6.65. The van der Waals surface area contributed by atoms with Crippen LogP contribution in [0.15, 0.2) is 90.6 Å². The molecule has 4 aromatic carbocycles. The minimum absolute atomic E-state index is 0.0387. The number of anilines is 1. The Labute approximate surface area is 201 Å². The number of thiazole rings is 1. The van der Waals surface area contributed by atoms with Gasteiger partial charge in [-0.25, -0.2) is 4.98 Å². The summed E-state index contributed by atoms with van der Waals surface area (Å²) in [6.07, 6.45) is 4.20. The first-order valence-electron chi connectivity index (χ1n) is 10.9. The molecule has 0 unspecified atom stereocenters. The van der Waals surface area contributed by atoms with Crippen LogP contribution in [0.3, 0.4) is 0 Å². The van der Waals surface area contributed by atoms with E-state index in [2.05, 4.69) is 53.6 Å². The van der Waals surface area contributed by atoms with Gasteiger partial charge in [0.1, 0.15) is 11.6 Å².